The van der Waals surface area contributed by atoms with Gasteiger partial charge >= 0.3 is 0 Å². The second kappa shape index (κ2) is 7.52. The van der Waals surface area contributed by atoms with Crippen molar-refractivity contribution in [3.05, 3.63) is 59.2 Å². The Bertz CT molecular complexity index is 831. The third-order valence-electron chi connectivity index (χ3n) is 3.71. The highest BCUT2D eigenvalue weighted by atomic mass is 16.5. The van der Waals surface area contributed by atoms with Gasteiger partial charge < -0.3 is 13.9 Å². The van der Waals surface area contributed by atoms with E-state index in [1.807, 2.05) is 6.08 Å². The topological polar surface area (TPSA) is 102 Å². The smallest absolute Gasteiger partial charge is 0.289 e. The van der Waals surface area contributed by atoms with Gasteiger partial charge in [0.15, 0.2) is 0 Å². The zero-order chi connectivity index (χ0) is 17.6. The third kappa shape index (κ3) is 3.79. The van der Waals surface area contributed by atoms with Gasteiger partial charge in [0.25, 0.3) is 5.91 Å². The van der Waals surface area contributed by atoms with Crippen molar-refractivity contribution in [1.82, 2.24) is 15.6 Å². The minimum atomic E-state index is -0.409. The van der Waals surface area contributed by atoms with Crippen LogP contribution >= 0.6 is 0 Å². The van der Waals surface area contributed by atoms with Gasteiger partial charge in [-0.2, -0.15) is 10.2 Å². The van der Waals surface area contributed by atoms with Crippen LogP contribution in [-0.4, -0.2) is 36.5 Å². The van der Waals surface area contributed by atoms with Crippen LogP contribution in [-0.2, 0) is 9.47 Å². The molecule has 0 radical (unpaired) electrons. The van der Waals surface area contributed by atoms with Crippen LogP contribution in [0.2, 0.25) is 0 Å². The van der Waals surface area contributed by atoms with Crippen LogP contribution in [0.1, 0.15) is 34.8 Å². The van der Waals surface area contributed by atoms with Gasteiger partial charge in [0, 0.05) is 18.4 Å². The molecule has 0 fully saturated rings. The fourth-order valence-electron chi connectivity index (χ4n) is 2.43. The molecule has 0 saturated carbocycles. The van der Waals surface area contributed by atoms with Crippen LogP contribution in [0.15, 0.2) is 51.6 Å². The Balaban J connectivity index is 1.74. The number of methoxy groups -OCH3 is 2. The van der Waals surface area contributed by atoms with E-state index in [1.54, 1.807) is 32.4 Å². The second-order valence-corrected chi connectivity index (χ2v) is 5.24. The van der Waals surface area contributed by atoms with E-state index in [0.717, 1.165) is 23.5 Å². The Morgan fingerprint density at radius 3 is 3.00 bits per heavy atom. The monoisotopic (exact) mass is 342 g/mol. The first-order valence-electron chi connectivity index (χ1n) is 7.65. The molecule has 0 unspecified atom stereocenters. The number of nitrogens with zero attached hydrogens (tertiary/aromatic N) is 2. The molecule has 8 nitrogen and oxygen atoms in total. The summed E-state index contributed by atoms with van der Waals surface area (Å²) in [6.45, 7) is 0. The molecule has 1 aliphatic rings. The largest absolute Gasteiger partial charge is 0.501 e. The Morgan fingerprint density at radius 2 is 2.28 bits per heavy atom. The first kappa shape index (κ1) is 16.6. The lowest BCUT2D eigenvalue weighted by Crippen LogP contribution is -2.17. The molecule has 25 heavy (non-hydrogen) atoms. The van der Waals surface area contributed by atoms with Crippen molar-refractivity contribution in [1.29, 1.82) is 0 Å². The minimum absolute atomic E-state index is 0.285. The fourth-order valence-corrected chi connectivity index (χ4v) is 2.43. The number of ether oxygens (including phenoxy) is 2. The first-order chi connectivity index (χ1) is 12.2. The van der Waals surface area contributed by atoms with E-state index in [0.29, 0.717) is 17.9 Å². The van der Waals surface area contributed by atoms with E-state index in [4.69, 9.17) is 13.9 Å². The van der Waals surface area contributed by atoms with E-state index in [9.17, 15) is 4.79 Å². The van der Waals surface area contributed by atoms with Crippen molar-refractivity contribution < 1.29 is 18.7 Å². The Kier molecular flexibility index (Phi) is 4.98. The fraction of sp³-hybridized carbons (Fsp3) is 0.235. The van der Waals surface area contributed by atoms with Crippen LogP contribution in [0.5, 0.6) is 0 Å². The quantitative estimate of drug-likeness (QED) is 0.620. The molecule has 0 saturated heterocycles. The molecule has 0 aromatic carbocycles. The van der Waals surface area contributed by atoms with Crippen molar-refractivity contribution in [3.63, 3.8) is 0 Å². The number of aromatic nitrogens is 2. The van der Waals surface area contributed by atoms with Gasteiger partial charge in [0.1, 0.15) is 17.2 Å². The molecule has 8 heteroatoms. The number of allylic oxidation sites excluding steroid dienone is 4. The lowest BCUT2D eigenvalue weighted by atomic mass is 10.0. The van der Waals surface area contributed by atoms with Crippen molar-refractivity contribution >= 4 is 17.7 Å². The third-order valence-corrected chi connectivity index (χ3v) is 3.71. The number of amides is 1. The highest BCUT2D eigenvalue weighted by Crippen LogP contribution is 2.30. The van der Waals surface area contributed by atoms with Gasteiger partial charge in [-0.25, -0.2) is 5.43 Å². The van der Waals surface area contributed by atoms with Crippen molar-refractivity contribution in [2.45, 2.75) is 12.8 Å². The summed E-state index contributed by atoms with van der Waals surface area (Å²) < 4.78 is 15.8. The van der Waals surface area contributed by atoms with E-state index in [2.05, 4.69) is 20.7 Å². The van der Waals surface area contributed by atoms with Gasteiger partial charge in [-0.1, -0.05) is 0 Å². The van der Waals surface area contributed by atoms with E-state index in [-0.39, 0.29) is 5.69 Å². The second-order valence-electron chi connectivity index (χ2n) is 5.24. The number of carbonyl (C=O) groups excluding carboxylic acids is 1. The summed E-state index contributed by atoms with van der Waals surface area (Å²) in [6, 6.07) is 5.10. The summed E-state index contributed by atoms with van der Waals surface area (Å²) in [7, 11) is 3.24. The summed E-state index contributed by atoms with van der Waals surface area (Å²) in [5, 5.41) is 10.7. The number of hydrogen-bond donors (Lipinski definition) is 2. The Hall–Kier alpha value is -3.29. The number of aromatic amines is 1. The summed E-state index contributed by atoms with van der Waals surface area (Å²) in [5.41, 5.74) is 4.09. The molecule has 0 spiro atoms. The van der Waals surface area contributed by atoms with Gasteiger partial charge in [0.2, 0.25) is 0 Å². The lowest BCUT2D eigenvalue weighted by molar-refractivity contribution is 0.0950. The van der Waals surface area contributed by atoms with E-state index < -0.39 is 5.91 Å². The van der Waals surface area contributed by atoms with Crippen LogP contribution in [0.3, 0.4) is 0 Å². The van der Waals surface area contributed by atoms with E-state index in [1.165, 1.54) is 12.5 Å². The number of carbonyl (C=O) groups is 1. The summed E-state index contributed by atoms with van der Waals surface area (Å²) >= 11 is 0. The van der Waals surface area contributed by atoms with Crippen LogP contribution in [0.4, 0.5) is 0 Å². The molecule has 1 amide bonds. The standard InChI is InChI=1S/C17H18N4O4/c1-23-11-5-6-16(24-2)13(8-11)14-9-15(20-19-14)17(22)21-18-10-12-4-3-7-25-12/h3-4,7-10H,5-6H2,1-2H3,(H,19,20)(H,21,22)/b18-10+. The van der Waals surface area contributed by atoms with Crippen molar-refractivity contribution in [2.24, 2.45) is 5.10 Å². The summed E-state index contributed by atoms with van der Waals surface area (Å²) in [4.78, 5) is 12.1. The minimum Gasteiger partial charge on any atom is -0.501 e. The average Bonchev–Trinajstić information content (AvgIpc) is 3.33. The SMILES string of the molecule is COC1=CC(c2cc(C(=O)N/N=C/c3ccco3)[nH]n2)=C(OC)CC1. The molecule has 0 bridgehead atoms. The molecule has 2 heterocycles. The van der Waals surface area contributed by atoms with Crippen LogP contribution in [0.25, 0.3) is 5.57 Å². The number of furan rings is 1. The number of H-pyrrole nitrogens is 1. The molecule has 1 aliphatic carbocycles. The maximum Gasteiger partial charge on any atom is 0.289 e. The van der Waals surface area contributed by atoms with Crippen molar-refractivity contribution in [2.75, 3.05) is 14.2 Å². The lowest BCUT2D eigenvalue weighted by Gasteiger charge is -2.17. The molecule has 3 rings (SSSR count). The normalized spacial score (nSPS) is 14.6. The van der Waals surface area contributed by atoms with Gasteiger partial charge in [-0.3, -0.25) is 9.89 Å². The molecular weight excluding hydrogens is 324 g/mol. The number of hydrogen-bond acceptors (Lipinski definition) is 6. The zero-order valence-electron chi connectivity index (χ0n) is 13.9. The van der Waals surface area contributed by atoms with Crippen molar-refractivity contribution in [3.8, 4) is 0 Å². The van der Waals surface area contributed by atoms with Crippen LogP contribution < -0.4 is 5.43 Å². The molecule has 130 valence electrons. The predicted molar refractivity (Wildman–Crippen MR) is 90.6 cm³/mol. The number of hydrazone groups is 1. The first-order valence-corrected chi connectivity index (χ1v) is 7.65. The predicted octanol–water partition coefficient (Wildman–Crippen LogP) is 2.45. The number of rotatable bonds is 6. The maximum absolute atomic E-state index is 12.1. The molecular formula is C17H18N4O4. The highest BCUT2D eigenvalue weighted by Gasteiger charge is 2.19. The maximum atomic E-state index is 12.1. The molecule has 0 atom stereocenters. The van der Waals surface area contributed by atoms with Gasteiger partial charge in [-0.05, 0) is 24.3 Å². The van der Waals surface area contributed by atoms with Crippen LogP contribution in [0, 0.1) is 0 Å². The summed E-state index contributed by atoms with van der Waals surface area (Å²) in [5.74, 6) is 1.77. The molecule has 2 N–H and O–H groups in total. The number of nitrogens with one attached hydrogen (secondary N) is 2. The van der Waals surface area contributed by atoms with E-state index >= 15 is 0 Å². The van der Waals surface area contributed by atoms with Gasteiger partial charge in [0.05, 0.1) is 38.2 Å². The summed E-state index contributed by atoms with van der Waals surface area (Å²) in [6.07, 6.45) is 6.29. The van der Waals surface area contributed by atoms with Gasteiger partial charge in [-0.15, -0.1) is 0 Å². The average molecular weight is 342 g/mol. The Morgan fingerprint density at radius 1 is 1.40 bits per heavy atom. The zero-order valence-corrected chi connectivity index (χ0v) is 13.9. The molecule has 2 aromatic heterocycles. The molecule has 2 aromatic rings. The Labute approximate surface area is 144 Å². The highest BCUT2D eigenvalue weighted by molar-refractivity contribution is 5.94. The molecule has 0 aliphatic heterocycles.